The molecule has 0 heterocycles. The Hall–Kier alpha value is -2.96. The molecule has 0 spiro atoms. The second kappa shape index (κ2) is 8.23. The Morgan fingerprint density at radius 2 is 1.96 bits per heavy atom. The summed E-state index contributed by atoms with van der Waals surface area (Å²) in [7, 11) is 3.11. The maximum atomic E-state index is 14.3. The van der Waals surface area contributed by atoms with Crippen LogP contribution >= 0.6 is 0 Å². The summed E-state index contributed by atoms with van der Waals surface area (Å²) in [5.74, 6) is 0.0326. The number of carbonyl (C=O) groups excluding carboxylic acids is 1. The molecule has 0 aliphatic heterocycles. The lowest BCUT2D eigenvalue weighted by molar-refractivity contribution is 0.0527. The van der Waals surface area contributed by atoms with Crippen LogP contribution in [0.2, 0.25) is 0 Å². The van der Waals surface area contributed by atoms with Gasteiger partial charge in [-0.3, -0.25) is 0 Å². The highest BCUT2D eigenvalue weighted by atomic mass is 19.1. The van der Waals surface area contributed by atoms with E-state index in [2.05, 4.69) is 5.32 Å². The van der Waals surface area contributed by atoms with Crippen LogP contribution in [0.5, 0.6) is 11.5 Å². The Labute approximate surface area is 145 Å². The Bertz CT molecular complexity index is 765. The zero-order chi connectivity index (χ0) is 18.4. The number of nitrogens with two attached hydrogens (primary N) is 1. The summed E-state index contributed by atoms with van der Waals surface area (Å²) in [6.07, 6.45) is 0. The summed E-state index contributed by atoms with van der Waals surface area (Å²) in [6, 6.07) is 7.79. The fourth-order valence-electron chi connectivity index (χ4n) is 2.30. The van der Waals surface area contributed by atoms with Gasteiger partial charge >= 0.3 is 5.97 Å². The average Bonchev–Trinajstić information content (AvgIpc) is 2.62. The first-order chi connectivity index (χ1) is 12.0. The van der Waals surface area contributed by atoms with Gasteiger partial charge in [0, 0.05) is 23.9 Å². The molecular weight excluding hydrogens is 327 g/mol. The standard InChI is InChI=1S/C18H21FN2O4/c1-4-25-18(22)13-8-14(19)16(9-15(13)20)21-10-11-5-6-12(23-2)7-17(11)24-3/h5-9,21H,4,10,20H2,1-3H3. The highest BCUT2D eigenvalue weighted by Gasteiger charge is 2.15. The summed E-state index contributed by atoms with van der Waals surface area (Å²) in [4.78, 5) is 11.7. The molecule has 134 valence electrons. The third-order valence-corrected chi connectivity index (χ3v) is 3.60. The summed E-state index contributed by atoms with van der Waals surface area (Å²) in [5, 5.41) is 2.95. The van der Waals surface area contributed by atoms with Crippen molar-refractivity contribution >= 4 is 17.3 Å². The van der Waals surface area contributed by atoms with Crippen molar-refractivity contribution in [2.45, 2.75) is 13.5 Å². The molecule has 0 aliphatic carbocycles. The van der Waals surface area contributed by atoms with E-state index in [9.17, 15) is 9.18 Å². The van der Waals surface area contributed by atoms with E-state index in [0.717, 1.165) is 11.6 Å². The molecule has 2 aromatic carbocycles. The normalized spacial score (nSPS) is 10.2. The molecule has 7 heteroatoms. The molecule has 25 heavy (non-hydrogen) atoms. The van der Waals surface area contributed by atoms with Gasteiger partial charge in [0.15, 0.2) is 0 Å². The van der Waals surface area contributed by atoms with Crippen molar-refractivity contribution in [2.75, 3.05) is 31.9 Å². The zero-order valence-corrected chi connectivity index (χ0v) is 14.4. The zero-order valence-electron chi connectivity index (χ0n) is 14.4. The number of halogens is 1. The van der Waals surface area contributed by atoms with Gasteiger partial charge in [-0.2, -0.15) is 0 Å². The van der Waals surface area contributed by atoms with Crippen molar-refractivity contribution in [1.29, 1.82) is 0 Å². The average molecular weight is 348 g/mol. The third kappa shape index (κ3) is 4.32. The van der Waals surface area contributed by atoms with E-state index in [1.54, 1.807) is 33.3 Å². The molecule has 0 unspecified atom stereocenters. The number of carbonyl (C=O) groups is 1. The van der Waals surface area contributed by atoms with E-state index < -0.39 is 11.8 Å². The molecule has 3 N–H and O–H groups in total. The first-order valence-electron chi connectivity index (χ1n) is 7.71. The topological polar surface area (TPSA) is 82.8 Å². The van der Waals surface area contributed by atoms with Gasteiger partial charge in [0.25, 0.3) is 0 Å². The summed E-state index contributed by atoms with van der Waals surface area (Å²) < 4.78 is 29.6. The maximum absolute atomic E-state index is 14.3. The Kier molecular flexibility index (Phi) is 6.05. The molecule has 0 radical (unpaired) electrons. The molecule has 2 rings (SSSR count). The van der Waals surface area contributed by atoms with Gasteiger partial charge < -0.3 is 25.3 Å². The smallest absolute Gasteiger partial charge is 0.340 e. The minimum Gasteiger partial charge on any atom is -0.497 e. The predicted octanol–water partition coefficient (Wildman–Crippen LogP) is 3.21. The summed E-state index contributed by atoms with van der Waals surface area (Å²) in [6.45, 7) is 2.17. The molecule has 0 amide bonds. The lowest BCUT2D eigenvalue weighted by Crippen LogP contribution is -2.10. The Balaban J connectivity index is 2.19. The van der Waals surface area contributed by atoms with Crippen molar-refractivity contribution in [3.8, 4) is 11.5 Å². The van der Waals surface area contributed by atoms with Crippen LogP contribution in [0.3, 0.4) is 0 Å². The number of nitrogens with one attached hydrogen (secondary N) is 1. The lowest BCUT2D eigenvalue weighted by atomic mass is 10.1. The predicted molar refractivity (Wildman–Crippen MR) is 93.6 cm³/mol. The van der Waals surface area contributed by atoms with Crippen LogP contribution in [0, 0.1) is 5.82 Å². The van der Waals surface area contributed by atoms with E-state index in [-0.39, 0.29) is 23.5 Å². The molecule has 0 bridgehead atoms. The molecule has 0 atom stereocenters. The van der Waals surface area contributed by atoms with E-state index >= 15 is 0 Å². The highest BCUT2D eigenvalue weighted by Crippen LogP contribution is 2.27. The van der Waals surface area contributed by atoms with Gasteiger partial charge in [-0.15, -0.1) is 0 Å². The van der Waals surface area contributed by atoms with Crippen LogP contribution in [-0.2, 0) is 11.3 Å². The van der Waals surface area contributed by atoms with E-state index in [1.807, 2.05) is 6.07 Å². The number of anilines is 2. The monoisotopic (exact) mass is 348 g/mol. The van der Waals surface area contributed by atoms with Crippen molar-refractivity contribution in [1.82, 2.24) is 0 Å². The van der Waals surface area contributed by atoms with Crippen molar-refractivity contribution < 1.29 is 23.4 Å². The van der Waals surface area contributed by atoms with Gasteiger partial charge in [0.1, 0.15) is 17.3 Å². The van der Waals surface area contributed by atoms with Crippen molar-refractivity contribution in [3.05, 3.63) is 47.3 Å². The lowest BCUT2D eigenvalue weighted by Gasteiger charge is -2.14. The van der Waals surface area contributed by atoms with Gasteiger partial charge in [-0.25, -0.2) is 9.18 Å². The molecule has 0 aromatic heterocycles. The SMILES string of the molecule is CCOC(=O)c1cc(F)c(NCc2ccc(OC)cc2OC)cc1N. The number of ether oxygens (including phenoxy) is 3. The molecule has 0 aliphatic rings. The first kappa shape index (κ1) is 18.4. The number of hydrogen-bond donors (Lipinski definition) is 2. The number of esters is 1. The van der Waals surface area contributed by atoms with E-state index in [0.29, 0.717) is 18.0 Å². The van der Waals surface area contributed by atoms with Crippen LogP contribution in [0.4, 0.5) is 15.8 Å². The van der Waals surface area contributed by atoms with Crippen LogP contribution in [-0.4, -0.2) is 26.8 Å². The van der Waals surface area contributed by atoms with E-state index in [1.165, 1.54) is 6.07 Å². The molecule has 2 aromatic rings. The first-order valence-corrected chi connectivity index (χ1v) is 7.71. The molecule has 0 fully saturated rings. The molecular formula is C18H21FN2O4. The van der Waals surface area contributed by atoms with Gasteiger partial charge in [0.05, 0.1) is 32.1 Å². The van der Waals surface area contributed by atoms with Gasteiger partial charge in [0.2, 0.25) is 0 Å². The number of benzene rings is 2. The number of methoxy groups -OCH3 is 2. The number of nitrogen functional groups attached to an aromatic ring is 1. The van der Waals surface area contributed by atoms with Crippen LogP contribution in [0.1, 0.15) is 22.8 Å². The second-order valence-electron chi connectivity index (χ2n) is 5.17. The number of rotatable bonds is 7. The fourth-order valence-corrected chi connectivity index (χ4v) is 2.30. The molecule has 0 saturated heterocycles. The minimum absolute atomic E-state index is 0.00641. The van der Waals surface area contributed by atoms with Crippen molar-refractivity contribution in [3.63, 3.8) is 0 Å². The fraction of sp³-hybridized carbons (Fsp3) is 0.278. The second-order valence-corrected chi connectivity index (χ2v) is 5.17. The van der Waals surface area contributed by atoms with Crippen LogP contribution in [0.25, 0.3) is 0 Å². The quantitative estimate of drug-likeness (QED) is 0.590. The molecule has 0 saturated carbocycles. The summed E-state index contributed by atoms with van der Waals surface area (Å²) in [5.41, 5.74) is 6.98. The van der Waals surface area contributed by atoms with E-state index in [4.69, 9.17) is 19.9 Å². The highest BCUT2D eigenvalue weighted by molar-refractivity contribution is 5.96. The van der Waals surface area contributed by atoms with Crippen molar-refractivity contribution in [2.24, 2.45) is 0 Å². The van der Waals surface area contributed by atoms with Crippen LogP contribution < -0.4 is 20.5 Å². The largest absolute Gasteiger partial charge is 0.497 e. The van der Waals surface area contributed by atoms with Gasteiger partial charge in [-0.05, 0) is 31.2 Å². The molecule has 6 nitrogen and oxygen atoms in total. The Morgan fingerprint density at radius 3 is 2.60 bits per heavy atom. The van der Waals surface area contributed by atoms with Gasteiger partial charge in [-0.1, -0.05) is 0 Å². The Morgan fingerprint density at radius 1 is 1.20 bits per heavy atom. The van der Waals surface area contributed by atoms with Crippen LogP contribution in [0.15, 0.2) is 30.3 Å². The third-order valence-electron chi connectivity index (χ3n) is 3.60. The number of hydrogen-bond acceptors (Lipinski definition) is 6. The summed E-state index contributed by atoms with van der Waals surface area (Å²) >= 11 is 0. The minimum atomic E-state index is -0.651. The maximum Gasteiger partial charge on any atom is 0.340 e.